The van der Waals surface area contributed by atoms with Crippen LogP contribution in [0.25, 0.3) is 11.3 Å². The highest BCUT2D eigenvalue weighted by molar-refractivity contribution is 5.66. The molecule has 0 aliphatic carbocycles. The summed E-state index contributed by atoms with van der Waals surface area (Å²) in [5.41, 5.74) is 0.623. The Labute approximate surface area is 112 Å². The molecule has 4 heteroatoms. The molecule has 1 aromatic carbocycles. The molecule has 0 unspecified atom stereocenters. The number of halogens is 1. The summed E-state index contributed by atoms with van der Waals surface area (Å²) in [6, 6.07) is 8.48. The van der Waals surface area contributed by atoms with E-state index in [-0.39, 0.29) is 5.82 Å². The largest absolute Gasteiger partial charge is 0.496 e. The number of rotatable bonds is 5. The molecule has 2 aromatic rings. The first-order valence-electron chi connectivity index (χ1n) is 6.26. The number of benzene rings is 1. The second kappa shape index (κ2) is 5.89. The van der Waals surface area contributed by atoms with E-state index in [9.17, 15) is 4.39 Å². The van der Waals surface area contributed by atoms with E-state index < -0.39 is 0 Å². The van der Waals surface area contributed by atoms with E-state index in [0.29, 0.717) is 29.7 Å². The van der Waals surface area contributed by atoms with Crippen LogP contribution in [0.1, 0.15) is 19.6 Å². The van der Waals surface area contributed by atoms with Gasteiger partial charge >= 0.3 is 0 Å². The molecule has 0 atom stereocenters. The molecule has 1 aromatic heterocycles. The Morgan fingerprint density at radius 3 is 2.74 bits per heavy atom. The predicted octanol–water partition coefficient (Wildman–Crippen LogP) is 3.59. The van der Waals surface area contributed by atoms with Gasteiger partial charge in [-0.3, -0.25) is 0 Å². The summed E-state index contributed by atoms with van der Waals surface area (Å²) in [5.74, 6) is 1.71. The van der Waals surface area contributed by atoms with Gasteiger partial charge in [-0.05, 0) is 30.3 Å². The van der Waals surface area contributed by atoms with Gasteiger partial charge in [0, 0.05) is 6.04 Å². The number of nitrogens with one attached hydrogen (secondary N) is 1. The van der Waals surface area contributed by atoms with Crippen LogP contribution >= 0.6 is 0 Å². The highest BCUT2D eigenvalue weighted by Crippen LogP contribution is 2.31. The average Bonchev–Trinajstić information content (AvgIpc) is 2.85. The van der Waals surface area contributed by atoms with Crippen molar-refractivity contribution in [2.75, 3.05) is 7.11 Å². The first-order chi connectivity index (χ1) is 9.10. The molecule has 0 aliphatic heterocycles. The normalized spacial score (nSPS) is 11.0. The number of furan rings is 1. The fourth-order valence-electron chi connectivity index (χ4n) is 1.80. The van der Waals surface area contributed by atoms with Crippen molar-refractivity contribution in [3.8, 4) is 17.1 Å². The number of methoxy groups -OCH3 is 1. The van der Waals surface area contributed by atoms with E-state index in [0.717, 1.165) is 5.76 Å². The summed E-state index contributed by atoms with van der Waals surface area (Å²) in [6.45, 7) is 4.79. The smallest absolute Gasteiger partial charge is 0.138 e. The van der Waals surface area contributed by atoms with Crippen molar-refractivity contribution in [2.45, 2.75) is 26.4 Å². The average molecular weight is 263 g/mol. The lowest BCUT2D eigenvalue weighted by Gasteiger charge is -2.07. The third-order valence-electron chi connectivity index (χ3n) is 2.77. The van der Waals surface area contributed by atoms with Crippen LogP contribution in [0.4, 0.5) is 4.39 Å². The minimum absolute atomic E-state index is 0.311. The lowest BCUT2D eigenvalue weighted by Crippen LogP contribution is -2.21. The van der Waals surface area contributed by atoms with Gasteiger partial charge in [0.2, 0.25) is 0 Å². The topological polar surface area (TPSA) is 34.4 Å². The van der Waals surface area contributed by atoms with Crippen LogP contribution in [-0.2, 0) is 6.54 Å². The van der Waals surface area contributed by atoms with Gasteiger partial charge in [0.15, 0.2) is 0 Å². The van der Waals surface area contributed by atoms with Gasteiger partial charge in [-0.1, -0.05) is 13.8 Å². The van der Waals surface area contributed by atoms with Crippen LogP contribution in [0.5, 0.6) is 5.75 Å². The Bertz CT molecular complexity index is 549. The molecule has 1 heterocycles. The molecule has 19 heavy (non-hydrogen) atoms. The third-order valence-corrected chi connectivity index (χ3v) is 2.77. The fourth-order valence-corrected chi connectivity index (χ4v) is 1.80. The first kappa shape index (κ1) is 13.6. The fraction of sp³-hybridized carbons (Fsp3) is 0.333. The minimum Gasteiger partial charge on any atom is -0.496 e. The molecular formula is C15H18FNO2. The maximum Gasteiger partial charge on any atom is 0.138 e. The van der Waals surface area contributed by atoms with Crippen LogP contribution in [-0.4, -0.2) is 13.2 Å². The van der Waals surface area contributed by atoms with Gasteiger partial charge < -0.3 is 14.5 Å². The zero-order valence-electron chi connectivity index (χ0n) is 11.4. The second-order valence-corrected chi connectivity index (χ2v) is 4.65. The van der Waals surface area contributed by atoms with E-state index in [4.69, 9.17) is 9.15 Å². The van der Waals surface area contributed by atoms with Crippen LogP contribution in [0.15, 0.2) is 34.7 Å². The summed E-state index contributed by atoms with van der Waals surface area (Å²) >= 11 is 0. The highest BCUT2D eigenvalue weighted by atomic mass is 19.1. The molecule has 102 valence electrons. The van der Waals surface area contributed by atoms with Gasteiger partial charge in [-0.15, -0.1) is 0 Å². The molecule has 0 spiro atoms. The van der Waals surface area contributed by atoms with E-state index in [1.807, 2.05) is 12.1 Å². The number of hydrogen-bond donors (Lipinski definition) is 1. The zero-order chi connectivity index (χ0) is 13.8. The van der Waals surface area contributed by atoms with Crippen molar-refractivity contribution in [1.29, 1.82) is 0 Å². The summed E-state index contributed by atoms with van der Waals surface area (Å²) in [6.07, 6.45) is 0. The van der Waals surface area contributed by atoms with Gasteiger partial charge in [-0.2, -0.15) is 0 Å². The lowest BCUT2D eigenvalue weighted by atomic mass is 10.1. The molecule has 0 bridgehead atoms. The van der Waals surface area contributed by atoms with Crippen LogP contribution in [0.3, 0.4) is 0 Å². The minimum atomic E-state index is -0.311. The quantitative estimate of drug-likeness (QED) is 0.895. The van der Waals surface area contributed by atoms with Crippen LogP contribution < -0.4 is 10.1 Å². The third kappa shape index (κ3) is 3.35. The van der Waals surface area contributed by atoms with Crippen LogP contribution in [0, 0.1) is 5.82 Å². The van der Waals surface area contributed by atoms with Crippen LogP contribution in [0.2, 0.25) is 0 Å². The van der Waals surface area contributed by atoms with Gasteiger partial charge in [-0.25, -0.2) is 4.39 Å². The summed E-state index contributed by atoms with van der Waals surface area (Å²) in [5, 5.41) is 3.27. The molecular weight excluding hydrogens is 245 g/mol. The predicted molar refractivity (Wildman–Crippen MR) is 72.6 cm³/mol. The van der Waals surface area contributed by atoms with E-state index >= 15 is 0 Å². The molecule has 0 saturated heterocycles. The van der Waals surface area contributed by atoms with Crippen molar-refractivity contribution in [3.63, 3.8) is 0 Å². The van der Waals surface area contributed by atoms with Crippen molar-refractivity contribution in [2.24, 2.45) is 0 Å². The number of hydrogen-bond acceptors (Lipinski definition) is 3. The van der Waals surface area contributed by atoms with E-state index in [1.165, 1.54) is 12.1 Å². The maximum absolute atomic E-state index is 13.3. The molecule has 0 radical (unpaired) electrons. The Hall–Kier alpha value is -1.81. The first-order valence-corrected chi connectivity index (χ1v) is 6.26. The van der Waals surface area contributed by atoms with E-state index in [1.54, 1.807) is 13.2 Å². The number of ether oxygens (including phenoxy) is 1. The summed E-state index contributed by atoms with van der Waals surface area (Å²) in [4.78, 5) is 0. The van der Waals surface area contributed by atoms with Crippen molar-refractivity contribution < 1.29 is 13.5 Å². The maximum atomic E-state index is 13.3. The molecule has 0 fully saturated rings. The van der Waals surface area contributed by atoms with E-state index in [2.05, 4.69) is 19.2 Å². The zero-order valence-corrected chi connectivity index (χ0v) is 11.4. The summed E-state index contributed by atoms with van der Waals surface area (Å²) < 4.78 is 24.2. The molecule has 0 aliphatic rings. The lowest BCUT2D eigenvalue weighted by molar-refractivity contribution is 0.412. The Morgan fingerprint density at radius 2 is 2.05 bits per heavy atom. The molecule has 2 rings (SSSR count). The van der Waals surface area contributed by atoms with Crippen molar-refractivity contribution >= 4 is 0 Å². The SMILES string of the molecule is COc1ccc(F)cc1-c1ccc(CNC(C)C)o1. The monoisotopic (exact) mass is 263 g/mol. The summed E-state index contributed by atoms with van der Waals surface area (Å²) in [7, 11) is 1.56. The highest BCUT2D eigenvalue weighted by Gasteiger charge is 2.11. The van der Waals surface area contributed by atoms with Gasteiger partial charge in [0.05, 0.1) is 19.2 Å². The standard InChI is InChI=1S/C15H18FNO2/c1-10(2)17-9-12-5-7-15(19-12)13-8-11(16)4-6-14(13)18-3/h4-8,10,17H,9H2,1-3H3. The Kier molecular flexibility index (Phi) is 4.22. The van der Waals surface area contributed by atoms with Crippen molar-refractivity contribution in [1.82, 2.24) is 5.32 Å². The van der Waals surface area contributed by atoms with Gasteiger partial charge in [0.1, 0.15) is 23.1 Å². The Morgan fingerprint density at radius 1 is 1.26 bits per heavy atom. The van der Waals surface area contributed by atoms with Gasteiger partial charge in [0.25, 0.3) is 0 Å². The molecule has 3 nitrogen and oxygen atoms in total. The Balaban J connectivity index is 2.24. The molecule has 1 N–H and O–H groups in total. The molecule has 0 saturated carbocycles. The van der Waals surface area contributed by atoms with Crippen molar-refractivity contribution in [3.05, 3.63) is 41.9 Å². The molecule has 0 amide bonds. The second-order valence-electron chi connectivity index (χ2n) is 4.65.